The molecule has 2 heteroatoms. The van der Waals surface area contributed by atoms with E-state index in [1.54, 1.807) is 0 Å². The van der Waals surface area contributed by atoms with E-state index in [0.717, 1.165) is 0 Å². The highest BCUT2D eigenvalue weighted by atomic mass is 16.5. The standard InChI is InChI=1S/C8H14O2/c1-5-4-8(9)6(2)7(3)10-5/h5-7H,4H2,1-3H3. The quantitative estimate of drug-likeness (QED) is 0.511. The van der Waals surface area contributed by atoms with Gasteiger partial charge in [-0.1, -0.05) is 6.92 Å². The molecule has 0 radical (unpaired) electrons. The van der Waals surface area contributed by atoms with E-state index in [1.807, 2.05) is 20.8 Å². The lowest BCUT2D eigenvalue weighted by Crippen LogP contribution is -2.36. The lowest BCUT2D eigenvalue weighted by Gasteiger charge is -2.29. The van der Waals surface area contributed by atoms with Crippen molar-refractivity contribution in [1.29, 1.82) is 0 Å². The zero-order valence-corrected chi connectivity index (χ0v) is 6.76. The summed E-state index contributed by atoms with van der Waals surface area (Å²) in [7, 11) is 0. The molecule has 0 bridgehead atoms. The van der Waals surface area contributed by atoms with Crippen molar-refractivity contribution < 1.29 is 9.53 Å². The fourth-order valence-corrected chi connectivity index (χ4v) is 1.26. The molecule has 1 rings (SSSR count). The highest BCUT2D eigenvalue weighted by Gasteiger charge is 2.29. The van der Waals surface area contributed by atoms with Gasteiger partial charge in [-0.25, -0.2) is 0 Å². The van der Waals surface area contributed by atoms with Crippen LogP contribution in [0.15, 0.2) is 0 Å². The molecule has 0 aromatic heterocycles. The second kappa shape index (κ2) is 2.70. The van der Waals surface area contributed by atoms with Crippen LogP contribution < -0.4 is 0 Å². The summed E-state index contributed by atoms with van der Waals surface area (Å²) >= 11 is 0. The lowest BCUT2D eigenvalue weighted by atomic mass is 9.93. The Morgan fingerprint density at radius 2 is 2.00 bits per heavy atom. The molecule has 1 aliphatic heterocycles. The van der Waals surface area contributed by atoms with E-state index < -0.39 is 0 Å². The fourth-order valence-electron chi connectivity index (χ4n) is 1.26. The van der Waals surface area contributed by atoms with Gasteiger partial charge >= 0.3 is 0 Å². The third-order valence-electron chi connectivity index (χ3n) is 2.15. The maximum Gasteiger partial charge on any atom is 0.140 e. The normalized spacial score (nSPS) is 41.9. The molecule has 1 heterocycles. The molecular weight excluding hydrogens is 128 g/mol. The molecule has 0 N–H and O–H groups in total. The molecule has 0 aliphatic carbocycles. The first kappa shape index (κ1) is 7.73. The van der Waals surface area contributed by atoms with E-state index in [0.29, 0.717) is 12.2 Å². The summed E-state index contributed by atoms with van der Waals surface area (Å²) in [5.41, 5.74) is 0. The summed E-state index contributed by atoms with van der Waals surface area (Å²) in [4.78, 5) is 11.1. The lowest BCUT2D eigenvalue weighted by molar-refractivity contribution is -0.141. The maximum absolute atomic E-state index is 11.1. The van der Waals surface area contributed by atoms with Crippen LogP contribution in [0.2, 0.25) is 0 Å². The SMILES string of the molecule is CC1CC(=O)C(C)C(C)O1. The Labute approximate surface area is 61.6 Å². The summed E-state index contributed by atoms with van der Waals surface area (Å²) in [6, 6.07) is 0. The van der Waals surface area contributed by atoms with Gasteiger partial charge in [0.05, 0.1) is 12.2 Å². The van der Waals surface area contributed by atoms with Crippen molar-refractivity contribution in [2.75, 3.05) is 0 Å². The van der Waals surface area contributed by atoms with Crippen molar-refractivity contribution in [2.24, 2.45) is 5.92 Å². The topological polar surface area (TPSA) is 26.3 Å². The molecule has 0 spiro atoms. The molecule has 3 unspecified atom stereocenters. The highest BCUT2D eigenvalue weighted by Crippen LogP contribution is 2.20. The number of carbonyl (C=O) groups excluding carboxylic acids is 1. The van der Waals surface area contributed by atoms with Crippen LogP contribution in [0.3, 0.4) is 0 Å². The predicted molar refractivity (Wildman–Crippen MR) is 38.8 cm³/mol. The van der Waals surface area contributed by atoms with E-state index in [4.69, 9.17) is 4.74 Å². The molecule has 0 saturated carbocycles. The van der Waals surface area contributed by atoms with Gasteiger partial charge in [-0.2, -0.15) is 0 Å². The number of Topliss-reactive ketones (excluding diaryl/α,β-unsaturated/α-hetero) is 1. The van der Waals surface area contributed by atoms with Crippen LogP contribution in [-0.2, 0) is 9.53 Å². The molecule has 0 aromatic carbocycles. The molecule has 10 heavy (non-hydrogen) atoms. The van der Waals surface area contributed by atoms with Gasteiger partial charge in [0.25, 0.3) is 0 Å². The smallest absolute Gasteiger partial charge is 0.140 e. The summed E-state index contributed by atoms with van der Waals surface area (Å²) in [5.74, 6) is 0.433. The van der Waals surface area contributed by atoms with Gasteiger partial charge in [-0.3, -0.25) is 4.79 Å². The molecule has 2 nitrogen and oxygen atoms in total. The van der Waals surface area contributed by atoms with Crippen LogP contribution in [0.4, 0.5) is 0 Å². The molecular formula is C8H14O2. The number of hydrogen-bond acceptors (Lipinski definition) is 2. The van der Waals surface area contributed by atoms with Gasteiger partial charge in [-0.05, 0) is 13.8 Å². The van der Waals surface area contributed by atoms with Gasteiger partial charge in [0, 0.05) is 12.3 Å². The average Bonchev–Trinajstić information content (AvgIpc) is 1.82. The minimum atomic E-state index is 0.0937. The molecule has 1 saturated heterocycles. The monoisotopic (exact) mass is 142 g/mol. The van der Waals surface area contributed by atoms with Gasteiger partial charge < -0.3 is 4.74 Å². The minimum Gasteiger partial charge on any atom is -0.374 e. The summed E-state index contributed by atoms with van der Waals surface area (Å²) in [6.45, 7) is 5.83. The first-order valence-corrected chi connectivity index (χ1v) is 3.79. The Morgan fingerprint density at radius 1 is 1.40 bits per heavy atom. The number of carbonyl (C=O) groups is 1. The van der Waals surface area contributed by atoms with Crippen LogP contribution in [0.1, 0.15) is 27.2 Å². The van der Waals surface area contributed by atoms with E-state index >= 15 is 0 Å². The van der Waals surface area contributed by atoms with Crippen molar-refractivity contribution >= 4 is 5.78 Å². The Balaban J connectivity index is 2.57. The minimum absolute atomic E-state index is 0.0937. The van der Waals surface area contributed by atoms with E-state index in [1.165, 1.54) is 0 Å². The van der Waals surface area contributed by atoms with Gasteiger partial charge in [-0.15, -0.1) is 0 Å². The summed E-state index contributed by atoms with van der Waals surface area (Å²) in [5, 5.41) is 0. The van der Waals surface area contributed by atoms with Crippen LogP contribution in [0.25, 0.3) is 0 Å². The summed E-state index contributed by atoms with van der Waals surface area (Å²) < 4.78 is 5.45. The molecule has 0 aromatic rings. The Morgan fingerprint density at radius 3 is 2.50 bits per heavy atom. The average molecular weight is 142 g/mol. The number of ketones is 1. The Bertz CT molecular complexity index is 142. The van der Waals surface area contributed by atoms with Gasteiger partial charge in [0.15, 0.2) is 0 Å². The maximum atomic E-state index is 11.1. The van der Waals surface area contributed by atoms with E-state index in [9.17, 15) is 4.79 Å². The molecule has 3 atom stereocenters. The third-order valence-corrected chi connectivity index (χ3v) is 2.15. The van der Waals surface area contributed by atoms with Crippen LogP contribution in [-0.4, -0.2) is 18.0 Å². The first-order valence-electron chi connectivity index (χ1n) is 3.79. The van der Waals surface area contributed by atoms with Crippen LogP contribution in [0.5, 0.6) is 0 Å². The number of rotatable bonds is 0. The predicted octanol–water partition coefficient (Wildman–Crippen LogP) is 1.39. The number of hydrogen-bond donors (Lipinski definition) is 0. The zero-order chi connectivity index (χ0) is 7.72. The van der Waals surface area contributed by atoms with Crippen molar-refractivity contribution in [2.45, 2.75) is 39.4 Å². The van der Waals surface area contributed by atoms with Gasteiger partial charge in [0.1, 0.15) is 5.78 Å². The van der Waals surface area contributed by atoms with Crippen molar-refractivity contribution in [3.05, 3.63) is 0 Å². The van der Waals surface area contributed by atoms with Crippen molar-refractivity contribution in [3.63, 3.8) is 0 Å². The van der Waals surface area contributed by atoms with Crippen molar-refractivity contribution in [3.8, 4) is 0 Å². The van der Waals surface area contributed by atoms with Crippen LogP contribution in [0, 0.1) is 5.92 Å². The first-order chi connectivity index (χ1) is 4.61. The fraction of sp³-hybridized carbons (Fsp3) is 0.875. The molecule has 1 fully saturated rings. The van der Waals surface area contributed by atoms with E-state index in [2.05, 4.69) is 0 Å². The second-order valence-corrected chi connectivity index (χ2v) is 3.11. The summed E-state index contributed by atoms with van der Waals surface area (Å²) in [6.07, 6.45) is 0.820. The zero-order valence-electron chi connectivity index (χ0n) is 6.76. The van der Waals surface area contributed by atoms with Gasteiger partial charge in [0.2, 0.25) is 0 Å². The van der Waals surface area contributed by atoms with Crippen LogP contribution >= 0.6 is 0 Å². The largest absolute Gasteiger partial charge is 0.374 e. The number of ether oxygens (including phenoxy) is 1. The highest BCUT2D eigenvalue weighted by molar-refractivity contribution is 5.82. The molecule has 0 amide bonds. The Hall–Kier alpha value is -0.370. The molecule has 58 valence electrons. The van der Waals surface area contributed by atoms with Crippen molar-refractivity contribution in [1.82, 2.24) is 0 Å². The second-order valence-electron chi connectivity index (χ2n) is 3.11. The van der Waals surface area contributed by atoms with E-state index in [-0.39, 0.29) is 18.1 Å². The Kier molecular flexibility index (Phi) is 2.09. The third kappa shape index (κ3) is 1.37. The molecule has 1 aliphatic rings.